The Morgan fingerprint density at radius 2 is 2.05 bits per heavy atom. The molecule has 1 aromatic carbocycles. The van der Waals surface area contributed by atoms with Crippen molar-refractivity contribution >= 4 is 15.9 Å². The monoisotopic (exact) mass is 345 g/mol. The van der Waals surface area contributed by atoms with Gasteiger partial charge in [0.1, 0.15) is 5.82 Å². The number of hydrogen-bond acceptors (Lipinski definition) is 2. The van der Waals surface area contributed by atoms with Crippen molar-refractivity contribution < 1.29 is 9.13 Å². The first-order valence-electron chi connectivity index (χ1n) is 7.41. The molecule has 0 saturated heterocycles. The van der Waals surface area contributed by atoms with Gasteiger partial charge in [0.15, 0.2) is 0 Å². The van der Waals surface area contributed by atoms with Gasteiger partial charge in [-0.15, -0.1) is 0 Å². The average Bonchev–Trinajstić information content (AvgIpc) is 2.41. The predicted molar refractivity (Wildman–Crippen MR) is 85.6 cm³/mol. The second kappa shape index (κ2) is 9.48. The molecule has 0 heterocycles. The zero-order valence-electron chi connectivity index (χ0n) is 12.6. The van der Waals surface area contributed by atoms with E-state index in [0.717, 1.165) is 29.4 Å². The van der Waals surface area contributed by atoms with Crippen molar-refractivity contribution in [2.24, 2.45) is 0 Å². The molecule has 0 saturated carbocycles. The highest BCUT2D eigenvalue weighted by atomic mass is 79.9. The van der Waals surface area contributed by atoms with Gasteiger partial charge >= 0.3 is 0 Å². The zero-order valence-corrected chi connectivity index (χ0v) is 14.2. The van der Waals surface area contributed by atoms with E-state index in [4.69, 9.17) is 4.74 Å². The first-order chi connectivity index (χ1) is 9.62. The number of halogens is 2. The van der Waals surface area contributed by atoms with Crippen LogP contribution in [0.5, 0.6) is 0 Å². The quantitative estimate of drug-likeness (QED) is 0.719. The molecule has 0 aromatic heterocycles. The normalized spacial score (nSPS) is 14.2. The molecule has 2 nitrogen and oxygen atoms in total. The Kier molecular flexibility index (Phi) is 8.34. The topological polar surface area (TPSA) is 21.3 Å². The molecule has 114 valence electrons. The molecule has 0 spiro atoms. The van der Waals surface area contributed by atoms with Crippen molar-refractivity contribution in [2.75, 3.05) is 13.2 Å². The van der Waals surface area contributed by atoms with Gasteiger partial charge in [-0.05, 0) is 44.0 Å². The Bertz CT molecular complexity index is 394. The van der Waals surface area contributed by atoms with E-state index in [1.54, 1.807) is 0 Å². The summed E-state index contributed by atoms with van der Waals surface area (Å²) in [6.45, 7) is 7.77. The summed E-state index contributed by atoms with van der Waals surface area (Å²) in [5.41, 5.74) is 0.736. The number of likely N-dealkylation sites (N-methyl/N-ethyl adjacent to an activating group) is 1. The van der Waals surface area contributed by atoms with Crippen molar-refractivity contribution in [1.29, 1.82) is 0 Å². The van der Waals surface area contributed by atoms with Crippen molar-refractivity contribution in [3.05, 3.63) is 34.1 Å². The number of benzene rings is 1. The van der Waals surface area contributed by atoms with Gasteiger partial charge in [-0.2, -0.15) is 0 Å². The van der Waals surface area contributed by atoms with E-state index in [0.29, 0.717) is 13.0 Å². The molecule has 1 aromatic rings. The first kappa shape index (κ1) is 17.6. The highest BCUT2D eigenvalue weighted by molar-refractivity contribution is 9.10. The van der Waals surface area contributed by atoms with E-state index >= 15 is 0 Å². The van der Waals surface area contributed by atoms with Gasteiger partial charge in [0, 0.05) is 17.1 Å². The summed E-state index contributed by atoms with van der Waals surface area (Å²) in [7, 11) is 0. The summed E-state index contributed by atoms with van der Waals surface area (Å²) < 4.78 is 20.6. The van der Waals surface area contributed by atoms with Crippen LogP contribution in [0.3, 0.4) is 0 Å². The Hall–Kier alpha value is -0.450. The van der Waals surface area contributed by atoms with Crippen LogP contribution in [-0.2, 0) is 11.2 Å². The fourth-order valence-electron chi connectivity index (χ4n) is 2.42. The van der Waals surface area contributed by atoms with Crippen LogP contribution in [0.2, 0.25) is 0 Å². The lowest BCUT2D eigenvalue weighted by molar-refractivity contribution is 0.0284. The SMILES string of the molecule is CCCC(OCC)C(Cc1ccc(Br)cc1F)NCC. The lowest BCUT2D eigenvalue weighted by atomic mass is 9.97. The smallest absolute Gasteiger partial charge is 0.127 e. The molecule has 1 rings (SSSR count). The van der Waals surface area contributed by atoms with Crippen LogP contribution in [0.1, 0.15) is 39.2 Å². The fourth-order valence-corrected chi connectivity index (χ4v) is 2.75. The molecule has 0 radical (unpaired) electrons. The van der Waals surface area contributed by atoms with Crippen molar-refractivity contribution in [3.8, 4) is 0 Å². The third-order valence-electron chi connectivity index (χ3n) is 3.32. The largest absolute Gasteiger partial charge is 0.377 e. The molecule has 2 unspecified atom stereocenters. The summed E-state index contributed by atoms with van der Waals surface area (Å²) >= 11 is 3.29. The van der Waals surface area contributed by atoms with Gasteiger partial charge in [0.05, 0.1) is 6.10 Å². The number of nitrogens with one attached hydrogen (secondary N) is 1. The van der Waals surface area contributed by atoms with E-state index in [9.17, 15) is 4.39 Å². The third kappa shape index (κ3) is 5.51. The summed E-state index contributed by atoms with van der Waals surface area (Å²) in [6.07, 6.45) is 2.84. The minimum absolute atomic E-state index is 0.132. The molecule has 0 amide bonds. The van der Waals surface area contributed by atoms with Crippen LogP contribution in [0.15, 0.2) is 22.7 Å². The average molecular weight is 346 g/mol. The third-order valence-corrected chi connectivity index (χ3v) is 3.82. The molecule has 0 fully saturated rings. The lowest BCUT2D eigenvalue weighted by Crippen LogP contribution is -2.43. The summed E-state index contributed by atoms with van der Waals surface area (Å²) in [6, 6.07) is 5.40. The zero-order chi connectivity index (χ0) is 15.0. The fraction of sp³-hybridized carbons (Fsp3) is 0.625. The first-order valence-corrected chi connectivity index (χ1v) is 8.20. The highest BCUT2D eigenvalue weighted by Crippen LogP contribution is 2.19. The lowest BCUT2D eigenvalue weighted by Gasteiger charge is -2.28. The van der Waals surface area contributed by atoms with E-state index in [1.165, 1.54) is 6.07 Å². The van der Waals surface area contributed by atoms with E-state index < -0.39 is 0 Å². The number of hydrogen-bond donors (Lipinski definition) is 1. The Labute approximate surface area is 130 Å². The van der Waals surface area contributed by atoms with Gasteiger partial charge in [-0.1, -0.05) is 42.3 Å². The highest BCUT2D eigenvalue weighted by Gasteiger charge is 2.22. The van der Waals surface area contributed by atoms with E-state index in [2.05, 4.69) is 35.1 Å². The van der Waals surface area contributed by atoms with Crippen LogP contribution in [-0.4, -0.2) is 25.3 Å². The number of rotatable bonds is 9. The number of ether oxygens (including phenoxy) is 1. The Morgan fingerprint density at radius 1 is 1.30 bits per heavy atom. The van der Waals surface area contributed by atoms with Crippen LogP contribution < -0.4 is 5.32 Å². The van der Waals surface area contributed by atoms with Crippen LogP contribution in [0.4, 0.5) is 4.39 Å². The van der Waals surface area contributed by atoms with E-state index in [1.807, 2.05) is 19.1 Å². The molecule has 0 bridgehead atoms. The maximum Gasteiger partial charge on any atom is 0.127 e. The van der Waals surface area contributed by atoms with Crippen LogP contribution in [0.25, 0.3) is 0 Å². The molecule has 1 N–H and O–H groups in total. The van der Waals surface area contributed by atoms with Crippen molar-refractivity contribution in [1.82, 2.24) is 5.32 Å². The van der Waals surface area contributed by atoms with Crippen LogP contribution >= 0.6 is 15.9 Å². The molecular weight excluding hydrogens is 321 g/mol. The standard InChI is InChI=1S/C16H25BrFNO/c1-4-7-16(20-6-3)15(19-5-2)10-12-8-9-13(17)11-14(12)18/h8-9,11,15-16,19H,4-7,10H2,1-3H3. The van der Waals surface area contributed by atoms with Gasteiger partial charge < -0.3 is 10.1 Å². The Balaban J connectivity index is 2.83. The molecule has 20 heavy (non-hydrogen) atoms. The summed E-state index contributed by atoms with van der Waals surface area (Å²) in [5, 5.41) is 3.44. The minimum Gasteiger partial charge on any atom is -0.377 e. The van der Waals surface area contributed by atoms with Crippen molar-refractivity contribution in [3.63, 3.8) is 0 Å². The second-order valence-corrected chi connectivity index (χ2v) is 5.80. The minimum atomic E-state index is -0.158. The Morgan fingerprint density at radius 3 is 2.60 bits per heavy atom. The maximum atomic E-state index is 14.0. The van der Waals surface area contributed by atoms with Crippen molar-refractivity contribution in [2.45, 2.75) is 52.2 Å². The van der Waals surface area contributed by atoms with Gasteiger partial charge in [0.25, 0.3) is 0 Å². The van der Waals surface area contributed by atoms with Crippen LogP contribution in [0, 0.1) is 5.82 Å². The van der Waals surface area contributed by atoms with E-state index in [-0.39, 0.29) is 18.0 Å². The predicted octanol–water partition coefficient (Wildman–Crippen LogP) is 4.31. The molecule has 2 atom stereocenters. The summed E-state index contributed by atoms with van der Waals surface area (Å²) in [4.78, 5) is 0. The van der Waals surface area contributed by atoms with Gasteiger partial charge in [0.2, 0.25) is 0 Å². The molecule has 0 aliphatic rings. The molecule has 0 aliphatic heterocycles. The molecular formula is C16H25BrFNO. The van der Waals surface area contributed by atoms with Gasteiger partial charge in [-0.25, -0.2) is 4.39 Å². The molecule has 0 aliphatic carbocycles. The molecule has 4 heteroatoms. The van der Waals surface area contributed by atoms with Gasteiger partial charge in [-0.3, -0.25) is 0 Å². The maximum absolute atomic E-state index is 14.0. The summed E-state index contributed by atoms with van der Waals surface area (Å²) in [5.74, 6) is -0.158. The second-order valence-electron chi connectivity index (χ2n) is 4.89.